The summed E-state index contributed by atoms with van der Waals surface area (Å²) >= 11 is 3.41. The predicted octanol–water partition coefficient (Wildman–Crippen LogP) is 1.70. The molecule has 2 rings (SSSR count). The Balaban J connectivity index is 1.89. The summed E-state index contributed by atoms with van der Waals surface area (Å²) in [7, 11) is 0. The number of carboxylic acids is 1. The van der Waals surface area contributed by atoms with Crippen molar-refractivity contribution in [1.82, 2.24) is 5.32 Å². The third-order valence-corrected chi connectivity index (χ3v) is 3.45. The minimum Gasteiger partial charge on any atom is -0.480 e. The maximum absolute atomic E-state index is 10.5. The van der Waals surface area contributed by atoms with Gasteiger partial charge >= 0.3 is 5.97 Å². The Kier molecular flexibility index (Phi) is 4.02. The highest BCUT2D eigenvalue weighted by molar-refractivity contribution is 9.10. The molecule has 1 aliphatic rings. The monoisotopic (exact) mass is 298 g/mol. The van der Waals surface area contributed by atoms with Crippen LogP contribution in [0.25, 0.3) is 0 Å². The smallest absolute Gasteiger partial charge is 0.317 e. The maximum atomic E-state index is 10.5. The molecule has 1 aromatic carbocycles. The fourth-order valence-corrected chi connectivity index (χ4v) is 2.31. The number of aliphatic carboxylic acids is 1. The SMILES string of the molecule is O=C(O)CNC1CCN(c2ccc(Br)cc2)C1. The molecule has 0 spiro atoms. The molecule has 17 heavy (non-hydrogen) atoms. The van der Waals surface area contributed by atoms with Crippen molar-refractivity contribution in [2.24, 2.45) is 0 Å². The van der Waals surface area contributed by atoms with E-state index >= 15 is 0 Å². The van der Waals surface area contributed by atoms with Crippen molar-refractivity contribution >= 4 is 27.6 Å². The molecule has 1 aliphatic heterocycles. The Morgan fingerprint density at radius 3 is 2.82 bits per heavy atom. The van der Waals surface area contributed by atoms with Crippen LogP contribution in [0, 0.1) is 0 Å². The van der Waals surface area contributed by atoms with Gasteiger partial charge in [0, 0.05) is 29.3 Å². The first-order valence-electron chi connectivity index (χ1n) is 5.61. The van der Waals surface area contributed by atoms with Gasteiger partial charge in [0.2, 0.25) is 0 Å². The van der Waals surface area contributed by atoms with Crippen LogP contribution in [0.2, 0.25) is 0 Å². The molecule has 92 valence electrons. The van der Waals surface area contributed by atoms with Crippen LogP contribution in [0.3, 0.4) is 0 Å². The Bertz CT molecular complexity index is 394. The number of rotatable bonds is 4. The molecule has 1 unspecified atom stereocenters. The zero-order valence-electron chi connectivity index (χ0n) is 9.40. The second-order valence-electron chi connectivity index (χ2n) is 4.18. The summed E-state index contributed by atoms with van der Waals surface area (Å²) in [6.07, 6.45) is 0.989. The van der Waals surface area contributed by atoms with Crippen molar-refractivity contribution in [3.63, 3.8) is 0 Å². The van der Waals surface area contributed by atoms with E-state index in [0.717, 1.165) is 24.0 Å². The second kappa shape index (κ2) is 5.51. The summed E-state index contributed by atoms with van der Waals surface area (Å²) in [5, 5.41) is 11.6. The molecule has 1 fully saturated rings. The Morgan fingerprint density at radius 2 is 2.18 bits per heavy atom. The van der Waals surface area contributed by atoms with Crippen molar-refractivity contribution in [1.29, 1.82) is 0 Å². The van der Waals surface area contributed by atoms with E-state index in [0.29, 0.717) is 0 Å². The normalized spacial score (nSPS) is 19.6. The van der Waals surface area contributed by atoms with Crippen molar-refractivity contribution in [3.05, 3.63) is 28.7 Å². The zero-order valence-corrected chi connectivity index (χ0v) is 11.0. The van der Waals surface area contributed by atoms with E-state index < -0.39 is 5.97 Å². The molecule has 0 bridgehead atoms. The largest absolute Gasteiger partial charge is 0.480 e. The number of benzene rings is 1. The first-order valence-corrected chi connectivity index (χ1v) is 6.40. The van der Waals surface area contributed by atoms with Gasteiger partial charge in [0.25, 0.3) is 0 Å². The van der Waals surface area contributed by atoms with Gasteiger partial charge in [-0.1, -0.05) is 15.9 Å². The van der Waals surface area contributed by atoms with E-state index in [9.17, 15) is 4.79 Å². The molecule has 1 aromatic rings. The highest BCUT2D eigenvalue weighted by atomic mass is 79.9. The summed E-state index contributed by atoms with van der Waals surface area (Å²) in [5.74, 6) is -0.799. The molecule has 0 aliphatic carbocycles. The first kappa shape index (κ1) is 12.4. The number of anilines is 1. The highest BCUT2D eigenvalue weighted by Crippen LogP contribution is 2.22. The number of nitrogens with one attached hydrogen (secondary N) is 1. The number of nitrogens with zero attached hydrogens (tertiary/aromatic N) is 1. The van der Waals surface area contributed by atoms with Crippen LogP contribution in [-0.4, -0.2) is 36.8 Å². The Labute approximate surface area is 109 Å². The van der Waals surface area contributed by atoms with E-state index in [2.05, 4.69) is 38.3 Å². The Morgan fingerprint density at radius 1 is 1.47 bits per heavy atom. The zero-order chi connectivity index (χ0) is 12.3. The molecule has 1 saturated heterocycles. The van der Waals surface area contributed by atoms with Crippen molar-refractivity contribution in [2.45, 2.75) is 12.5 Å². The van der Waals surface area contributed by atoms with Crippen LogP contribution in [-0.2, 0) is 4.79 Å². The lowest BCUT2D eigenvalue weighted by Gasteiger charge is -2.18. The lowest BCUT2D eigenvalue weighted by molar-refractivity contribution is -0.136. The third kappa shape index (κ3) is 3.44. The van der Waals surface area contributed by atoms with Crippen LogP contribution in [0.5, 0.6) is 0 Å². The van der Waals surface area contributed by atoms with E-state index in [1.54, 1.807) is 0 Å². The van der Waals surface area contributed by atoms with Gasteiger partial charge in [0.05, 0.1) is 6.54 Å². The van der Waals surface area contributed by atoms with Crippen LogP contribution >= 0.6 is 15.9 Å². The Hall–Kier alpha value is -1.07. The average molecular weight is 299 g/mol. The van der Waals surface area contributed by atoms with Crippen LogP contribution < -0.4 is 10.2 Å². The van der Waals surface area contributed by atoms with Gasteiger partial charge in [-0.15, -0.1) is 0 Å². The molecule has 1 atom stereocenters. The molecule has 0 amide bonds. The van der Waals surface area contributed by atoms with Crippen LogP contribution in [0.4, 0.5) is 5.69 Å². The van der Waals surface area contributed by atoms with Gasteiger partial charge in [0.1, 0.15) is 0 Å². The number of carboxylic acid groups (broad SMARTS) is 1. The van der Waals surface area contributed by atoms with Crippen molar-refractivity contribution in [2.75, 3.05) is 24.5 Å². The van der Waals surface area contributed by atoms with E-state index in [4.69, 9.17) is 5.11 Å². The lowest BCUT2D eigenvalue weighted by Crippen LogP contribution is -2.35. The molecule has 5 heteroatoms. The summed E-state index contributed by atoms with van der Waals surface area (Å²) in [5.41, 5.74) is 1.19. The van der Waals surface area contributed by atoms with E-state index in [1.807, 2.05) is 12.1 Å². The van der Waals surface area contributed by atoms with Gasteiger partial charge in [-0.25, -0.2) is 0 Å². The number of hydrogen-bond acceptors (Lipinski definition) is 3. The predicted molar refractivity (Wildman–Crippen MR) is 70.4 cm³/mol. The molecule has 0 saturated carbocycles. The third-order valence-electron chi connectivity index (χ3n) is 2.92. The van der Waals surface area contributed by atoms with Crippen LogP contribution in [0.15, 0.2) is 28.7 Å². The molecule has 4 nitrogen and oxygen atoms in total. The molecule has 0 aromatic heterocycles. The molecule has 0 radical (unpaired) electrons. The number of halogens is 1. The number of hydrogen-bond donors (Lipinski definition) is 2. The van der Waals surface area contributed by atoms with Crippen LogP contribution in [0.1, 0.15) is 6.42 Å². The topological polar surface area (TPSA) is 52.6 Å². The van der Waals surface area contributed by atoms with Gasteiger partial charge in [-0.3, -0.25) is 4.79 Å². The van der Waals surface area contributed by atoms with Gasteiger partial charge < -0.3 is 15.3 Å². The van der Waals surface area contributed by atoms with Gasteiger partial charge in [0.15, 0.2) is 0 Å². The van der Waals surface area contributed by atoms with Gasteiger partial charge in [-0.2, -0.15) is 0 Å². The summed E-state index contributed by atoms with van der Waals surface area (Å²) in [4.78, 5) is 12.7. The maximum Gasteiger partial charge on any atom is 0.317 e. The second-order valence-corrected chi connectivity index (χ2v) is 5.10. The minimum absolute atomic E-state index is 0.0405. The molecule has 2 N–H and O–H groups in total. The summed E-state index contributed by atoms with van der Waals surface area (Å²) < 4.78 is 1.07. The quantitative estimate of drug-likeness (QED) is 0.888. The van der Waals surface area contributed by atoms with E-state index in [-0.39, 0.29) is 12.6 Å². The molecular formula is C12H15BrN2O2. The fourth-order valence-electron chi connectivity index (χ4n) is 2.04. The summed E-state index contributed by atoms with van der Waals surface area (Å²) in [6.45, 7) is 1.88. The minimum atomic E-state index is -0.799. The van der Waals surface area contributed by atoms with Crippen molar-refractivity contribution in [3.8, 4) is 0 Å². The highest BCUT2D eigenvalue weighted by Gasteiger charge is 2.22. The standard InChI is InChI=1S/C12H15BrN2O2/c13-9-1-3-11(4-2-9)15-6-5-10(8-15)14-7-12(16)17/h1-4,10,14H,5-8H2,(H,16,17). The molecule has 1 heterocycles. The summed E-state index contributed by atoms with van der Waals surface area (Å²) in [6, 6.07) is 8.46. The number of carbonyl (C=O) groups is 1. The van der Waals surface area contributed by atoms with Gasteiger partial charge in [-0.05, 0) is 30.7 Å². The van der Waals surface area contributed by atoms with E-state index in [1.165, 1.54) is 5.69 Å². The molecular weight excluding hydrogens is 284 g/mol. The van der Waals surface area contributed by atoms with Crippen molar-refractivity contribution < 1.29 is 9.90 Å². The fraction of sp³-hybridized carbons (Fsp3) is 0.417. The average Bonchev–Trinajstić information content (AvgIpc) is 2.76. The lowest BCUT2D eigenvalue weighted by atomic mass is 10.2. The first-order chi connectivity index (χ1) is 8.15.